The first-order chi connectivity index (χ1) is 10.3. The first-order valence-electron chi connectivity index (χ1n) is 9.31. The second-order valence-electron chi connectivity index (χ2n) is 8.88. The van der Waals surface area contributed by atoms with Crippen LogP contribution < -0.4 is 0 Å². The molecule has 3 aliphatic rings. The molecule has 0 saturated carbocycles. The highest BCUT2D eigenvalue weighted by Crippen LogP contribution is 2.58. The highest BCUT2D eigenvalue weighted by molar-refractivity contribution is 5.10. The molecule has 126 valence electrons. The Kier molecular flexibility index (Phi) is 4.23. The van der Waals surface area contributed by atoms with Crippen LogP contribution in [0.4, 0.5) is 0 Å². The lowest BCUT2D eigenvalue weighted by Crippen LogP contribution is -2.37. The van der Waals surface area contributed by atoms with Crippen molar-refractivity contribution in [2.24, 2.45) is 23.7 Å². The van der Waals surface area contributed by atoms with Crippen molar-refractivity contribution in [1.29, 1.82) is 0 Å². The molecule has 2 aliphatic heterocycles. The molecular formula is C20H34O2. The largest absolute Gasteiger partial charge is 0.389 e. The summed E-state index contributed by atoms with van der Waals surface area (Å²) in [5.74, 6) is 2.40. The Bertz CT molecular complexity index is 457. The lowest BCUT2D eigenvalue weighted by atomic mass is 9.66. The quantitative estimate of drug-likeness (QED) is 0.762. The summed E-state index contributed by atoms with van der Waals surface area (Å²) in [6.07, 6.45) is 9.07. The average molecular weight is 306 g/mol. The van der Waals surface area contributed by atoms with Crippen LogP contribution in [0.5, 0.6) is 0 Å². The zero-order valence-electron chi connectivity index (χ0n) is 15.1. The number of hydrogen-bond donors (Lipinski definition) is 1. The van der Waals surface area contributed by atoms with Crippen LogP contribution in [-0.4, -0.2) is 22.4 Å². The fraction of sp³-hybridized carbons (Fsp3) is 0.900. The molecule has 3 rings (SSSR count). The number of ether oxygens (including phenoxy) is 1. The summed E-state index contributed by atoms with van der Waals surface area (Å²) in [6.45, 7) is 11.5. The van der Waals surface area contributed by atoms with Gasteiger partial charge in [-0.05, 0) is 83.0 Å². The van der Waals surface area contributed by atoms with Crippen molar-refractivity contribution in [3.05, 3.63) is 11.6 Å². The third-order valence-corrected chi connectivity index (χ3v) is 7.37. The first-order valence-corrected chi connectivity index (χ1v) is 9.31. The lowest BCUT2D eigenvalue weighted by Gasteiger charge is -2.36. The molecule has 2 nitrogen and oxygen atoms in total. The topological polar surface area (TPSA) is 29.5 Å². The Balaban J connectivity index is 1.59. The highest BCUT2D eigenvalue weighted by Gasteiger charge is 2.60. The van der Waals surface area contributed by atoms with Gasteiger partial charge in [0.25, 0.3) is 0 Å². The maximum Gasteiger partial charge on any atom is 0.0754 e. The van der Waals surface area contributed by atoms with Crippen LogP contribution in [0.3, 0.4) is 0 Å². The summed E-state index contributed by atoms with van der Waals surface area (Å²) in [5.41, 5.74) is 1.58. The van der Waals surface area contributed by atoms with Gasteiger partial charge in [0.2, 0.25) is 0 Å². The van der Waals surface area contributed by atoms with Gasteiger partial charge in [-0.3, -0.25) is 0 Å². The number of aliphatic hydroxyl groups excluding tert-OH is 1. The van der Waals surface area contributed by atoms with Crippen molar-refractivity contribution in [1.82, 2.24) is 0 Å². The second kappa shape index (κ2) is 5.63. The third kappa shape index (κ3) is 2.67. The van der Waals surface area contributed by atoms with Crippen molar-refractivity contribution >= 4 is 0 Å². The molecule has 2 saturated heterocycles. The van der Waals surface area contributed by atoms with Crippen LogP contribution in [-0.2, 0) is 4.74 Å². The van der Waals surface area contributed by atoms with Crippen molar-refractivity contribution in [2.45, 2.75) is 90.4 Å². The van der Waals surface area contributed by atoms with Gasteiger partial charge in [0.15, 0.2) is 0 Å². The standard InChI is InChI=1S/C20H34O2/c1-13-6-8-16(18(21)12-13)14(2)7-9-17-15(3)19(4)10-11-20(17,5)22-19/h12,14-18,21H,6-11H2,1-5H3/t14-,15+,16+,17+,18+,19-,20+/m0/s1. The number of allylic oxidation sites excluding steroid dienone is 1. The molecular weight excluding hydrogens is 272 g/mol. The predicted molar refractivity (Wildman–Crippen MR) is 90.7 cm³/mol. The number of fused-ring (bicyclic) bond motifs is 2. The Labute approximate surface area is 136 Å². The van der Waals surface area contributed by atoms with Crippen LogP contribution in [0.15, 0.2) is 11.6 Å². The molecule has 2 heterocycles. The lowest BCUT2D eigenvalue weighted by molar-refractivity contribution is -0.0434. The van der Waals surface area contributed by atoms with Gasteiger partial charge < -0.3 is 9.84 Å². The number of hydrogen-bond acceptors (Lipinski definition) is 2. The average Bonchev–Trinajstić information content (AvgIpc) is 2.84. The van der Waals surface area contributed by atoms with Gasteiger partial charge in [-0.25, -0.2) is 0 Å². The van der Waals surface area contributed by atoms with Crippen LogP contribution in [0, 0.1) is 23.7 Å². The van der Waals surface area contributed by atoms with Crippen molar-refractivity contribution in [2.75, 3.05) is 0 Å². The van der Waals surface area contributed by atoms with E-state index in [0.29, 0.717) is 23.7 Å². The maximum atomic E-state index is 10.3. The van der Waals surface area contributed by atoms with Crippen molar-refractivity contribution in [3.8, 4) is 0 Å². The van der Waals surface area contributed by atoms with E-state index in [1.54, 1.807) is 0 Å². The molecule has 1 aliphatic carbocycles. The fourth-order valence-electron chi connectivity index (χ4n) is 5.56. The summed E-state index contributed by atoms with van der Waals surface area (Å²) < 4.78 is 6.43. The van der Waals surface area contributed by atoms with Crippen LogP contribution in [0.1, 0.15) is 73.1 Å². The molecule has 2 bridgehead atoms. The summed E-state index contributed by atoms with van der Waals surface area (Å²) in [4.78, 5) is 0. The fourth-order valence-corrected chi connectivity index (χ4v) is 5.56. The van der Waals surface area contributed by atoms with E-state index >= 15 is 0 Å². The molecule has 0 unspecified atom stereocenters. The Morgan fingerprint density at radius 1 is 1.32 bits per heavy atom. The Morgan fingerprint density at radius 2 is 2.00 bits per heavy atom. The van der Waals surface area contributed by atoms with E-state index in [1.807, 2.05) is 0 Å². The molecule has 0 radical (unpaired) electrons. The molecule has 2 fully saturated rings. The SMILES string of the molecule is CC1=C[C@@H](O)[C@@H]([C@@H](C)CC[C@@H]2[C@@H](C)[C@]3(C)CC[C@@]2(C)O3)CC1. The minimum absolute atomic E-state index is 0.107. The normalized spacial score (nSPS) is 49.3. The van der Waals surface area contributed by atoms with Crippen LogP contribution >= 0.6 is 0 Å². The van der Waals surface area contributed by atoms with Crippen molar-refractivity contribution < 1.29 is 9.84 Å². The molecule has 0 aromatic heterocycles. The number of rotatable bonds is 4. The van der Waals surface area contributed by atoms with E-state index in [2.05, 4.69) is 40.7 Å². The maximum absolute atomic E-state index is 10.3. The Hall–Kier alpha value is -0.340. The Morgan fingerprint density at radius 3 is 2.59 bits per heavy atom. The molecule has 0 aromatic carbocycles. The summed E-state index contributed by atoms with van der Waals surface area (Å²) in [7, 11) is 0. The molecule has 1 N–H and O–H groups in total. The van der Waals surface area contributed by atoms with Gasteiger partial charge in [-0.1, -0.05) is 25.5 Å². The van der Waals surface area contributed by atoms with E-state index in [-0.39, 0.29) is 17.3 Å². The van der Waals surface area contributed by atoms with E-state index < -0.39 is 0 Å². The van der Waals surface area contributed by atoms with Crippen LogP contribution in [0.2, 0.25) is 0 Å². The molecule has 22 heavy (non-hydrogen) atoms. The zero-order valence-corrected chi connectivity index (χ0v) is 15.1. The van der Waals surface area contributed by atoms with Gasteiger partial charge >= 0.3 is 0 Å². The molecule has 0 amide bonds. The van der Waals surface area contributed by atoms with Gasteiger partial charge in [0.05, 0.1) is 17.3 Å². The number of aliphatic hydroxyl groups is 1. The molecule has 2 heteroatoms. The van der Waals surface area contributed by atoms with Gasteiger partial charge in [0, 0.05) is 0 Å². The molecule has 7 atom stereocenters. The first kappa shape index (κ1) is 16.5. The van der Waals surface area contributed by atoms with E-state index in [0.717, 1.165) is 12.8 Å². The minimum atomic E-state index is -0.231. The molecule has 0 spiro atoms. The summed E-state index contributed by atoms with van der Waals surface area (Å²) >= 11 is 0. The van der Waals surface area contributed by atoms with Crippen LogP contribution in [0.25, 0.3) is 0 Å². The minimum Gasteiger partial charge on any atom is -0.389 e. The van der Waals surface area contributed by atoms with E-state index in [4.69, 9.17) is 4.74 Å². The van der Waals surface area contributed by atoms with E-state index in [1.165, 1.54) is 31.3 Å². The van der Waals surface area contributed by atoms with Crippen molar-refractivity contribution in [3.63, 3.8) is 0 Å². The molecule has 0 aromatic rings. The monoisotopic (exact) mass is 306 g/mol. The summed E-state index contributed by atoms with van der Waals surface area (Å²) in [6, 6.07) is 0. The second-order valence-corrected chi connectivity index (χ2v) is 8.88. The van der Waals surface area contributed by atoms with E-state index in [9.17, 15) is 5.11 Å². The highest BCUT2D eigenvalue weighted by atomic mass is 16.5. The van der Waals surface area contributed by atoms with Gasteiger partial charge in [-0.15, -0.1) is 0 Å². The predicted octanol–water partition coefficient (Wildman–Crippen LogP) is 4.71. The van der Waals surface area contributed by atoms with Gasteiger partial charge in [0.1, 0.15) is 0 Å². The zero-order chi connectivity index (χ0) is 16.1. The smallest absolute Gasteiger partial charge is 0.0754 e. The summed E-state index contributed by atoms with van der Waals surface area (Å²) in [5, 5.41) is 10.3. The third-order valence-electron chi connectivity index (χ3n) is 7.37. The van der Waals surface area contributed by atoms with Gasteiger partial charge in [-0.2, -0.15) is 0 Å².